The number of rotatable bonds is 14. The van der Waals surface area contributed by atoms with E-state index in [9.17, 15) is 4.79 Å². The van der Waals surface area contributed by atoms with Crippen LogP contribution in [0, 0.1) is 0 Å². The molecule has 1 heterocycles. The van der Waals surface area contributed by atoms with Gasteiger partial charge in [-0.2, -0.15) is 0 Å². The molecule has 1 aliphatic heterocycles. The maximum Gasteiger partial charge on any atom is 0.412 e. The van der Waals surface area contributed by atoms with E-state index in [-0.39, 0.29) is 0 Å². The summed E-state index contributed by atoms with van der Waals surface area (Å²) in [7, 11) is 1.68. The summed E-state index contributed by atoms with van der Waals surface area (Å²) >= 11 is 0. The quantitative estimate of drug-likeness (QED) is 0.156. The fraction of sp³-hybridized carbons (Fsp3) is 0.417. The van der Waals surface area contributed by atoms with Crippen LogP contribution in [0.1, 0.15) is 75.5 Å². The van der Waals surface area contributed by atoms with Crippen molar-refractivity contribution in [2.24, 2.45) is 0 Å². The number of unbranched alkanes of at least 4 members (excludes halogenated alkanes) is 3. The number of nitrogens with one attached hydrogen (secondary N) is 1. The van der Waals surface area contributed by atoms with Gasteiger partial charge in [-0.25, -0.2) is 4.79 Å². The number of likely N-dealkylation sites (tertiary alicyclic amines) is 1. The molecule has 0 aromatic heterocycles. The molecular weight excluding hydrogens is 524 g/mol. The first kappa shape index (κ1) is 31.2. The highest BCUT2D eigenvalue weighted by molar-refractivity contribution is 5.98. The molecule has 3 aromatic carbocycles. The highest BCUT2D eigenvalue weighted by atomic mass is 16.6. The van der Waals surface area contributed by atoms with Crippen molar-refractivity contribution < 1.29 is 19.0 Å². The van der Waals surface area contributed by atoms with Crippen LogP contribution in [0.25, 0.3) is 11.1 Å². The fourth-order valence-electron chi connectivity index (χ4n) is 5.35. The van der Waals surface area contributed by atoms with Gasteiger partial charge < -0.3 is 19.5 Å². The number of hydrogen-bond donors (Lipinski definition) is 1. The van der Waals surface area contributed by atoms with Crippen molar-refractivity contribution >= 4 is 17.2 Å². The monoisotopic (exact) mass is 570 g/mol. The van der Waals surface area contributed by atoms with Crippen LogP contribution in [0.5, 0.6) is 17.2 Å². The molecule has 0 saturated carbocycles. The van der Waals surface area contributed by atoms with Gasteiger partial charge in [-0.1, -0.05) is 69.0 Å². The average molecular weight is 571 g/mol. The van der Waals surface area contributed by atoms with E-state index in [4.69, 9.17) is 14.2 Å². The van der Waals surface area contributed by atoms with Gasteiger partial charge in [-0.3, -0.25) is 4.90 Å². The molecule has 0 unspecified atom stereocenters. The van der Waals surface area contributed by atoms with Crippen molar-refractivity contribution in [1.82, 2.24) is 10.2 Å². The summed E-state index contributed by atoms with van der Waals surface area (Å²) in [6, 6.07) is 24.2. The minimum atomic E-state index is -0.416. The van der Waals surface area contributed by atoms with Gasteiger partial charge in [0.1, 0.15) is 23.9 Å². The van der Waals surface area contributed by atoms with Crippen LogP contribution in [0.15, 0.2) is 72.8 Å². The molecule has 1 aliphatic rings. The molecule has 42 heavy (non-hydrogen) atoms. The van der Waals surface area contributed by atoms with Crippen molar-refractivity contribution in [2.45, 2.75) is 58.8 Å². The zero-order chi connectivity index (χ0) is 29.6. The average Bonchev–Trinajstić information content (AvgIpc) is 3.03. The third kappa shape index (κ3) is 9.38. The minimum absolute atomic E-state index is 0.416. The topological polar surface area (TPSA) is 60.0 Å². The predicted octanol–water partition coefficient (Wildman–Crippen LogP) is 8.21. The molecule has 0 radical (unpaired) electrons. The zero-order valence-corrected chi connectivity index (χ0v) is 25.5. The van der Waals surface area contributed by atoms with Gasteiger partial charge in [-0.05, 0) is 104 Å². The number of carbonyl (C=O) groups excluding carboxylic acids is 1. The molecule has 224 valence electrons. The van der Waals surface area contributed by atoms with Crippen molar-refractivity contribution in [3.8, 4) is 17.2 Å². The van der Waals surface area contributed by atoms with Crippen molar-refractivity contribution in [2.75, 3.05) is 39.9 Å². The van der Waals surface area contributed by atoms with Crippen molar-refractivity contribution in [3.63, 3.8) is 0 Å². The summed E-state index contributed by atoms with van der Waals surface area (Å²) in [4.78, 5) is 14.7. The van der Waals surface area contributed by atoms with Crippen molar-refractivity contribution in [3.05, 3.63) is 89.5 Å². The standard InChI is InChI=1S/C36H46N2O4/c1-4-5-6-8-23-37-36(39)42-34-21-15-31(16-22-34)35(28(2)29-11-17-32(40-3)18-12-29)30-13-19-33(20-14-30)41-27-26-38-24-9-7-10-25-38/h11-22H,4-10,23-27H2,1-3H3,(H,37,39)/b35-28+. The number of ether oxygens (including phenoxy) is 3. The number of benzene rings is 3. The maximum atomic E-state index is 12.3. The zero-order valence-electron chi connectivity index (χ0n) is 25.5. The molecule has 0 atom stereocenters. The molecule has 1 saturated heterocycles. The summed E-state index contributed by atoms with van der Waals surface area (Å²) < 4.78 is 17.0. The molecule has 1 N–H and O–H groups in total. The number of methoxy groups -OCH3 is 1. The second kappa shape index (κ2) is 16.6. The Balaban J connectivity index is 1.49. The second-order valence-electron chi connectivity index (χ2n) is 10.9. The molecule has 6 heteroatoms. The van der Waals surface area contributed by atoms with Gasteiger partial charge in [0.05, 0.1) is 7.11 Å². The summed E-state index contributed by atoms with van der Waals surface area (Å²) in [5, 5.41) is 2.85. The Kier molecular flexibility index (Phi) is 12.3. The normalized spacial score (nSPS) is 14.2. The number of hydrogen-bond acceptors (Lipinski definition) is 5. The Morgan fingerprint density at radius 1 is 0.762 bits per heavy atom. The lowest BCUT2D eigenvalue weighted by Crippen LogP contribution is -2.33. The summed E-state index contributed by atoms with van der Waals surface area (Å²) in [6.45, 7) is 8.95. The van der Waals surface area contributed by atoms with Gasteiger partial charge >= 0.3 is 6.09 Å². The van der Waals surface area contributed by atoms with Crippen LogP contribution in [0.4, 0.5) is 4.79 Å². The Bertz CT molecular complexity index is 1260. The summed E-state index contributed by atoms with van der Waals surface area (Å²) in [6.07, 6.45) is 7.92. The van der Waals surface area contributed by atoms with Crippen LogP contribution >= 0.6 is 0 Å². The minimum Gasteiger partial charge on any atom is -0.497 e. The number of nitrogens with zero attached hydrogens (tertiary/aromatic N) is 1. The molecule has 1 amide bonds. The Morgan fingerprint density at radius 2 is 1.36 bits per heavy atom. The van der Waals surface area contributed by atoms with E-state index in [0.717, 1.165) is 58.7 Å². The number of piperidine rings is 1. The number of carbonyl (C=O) groups is 1. The van der Waals surface area contributed by atoms with Crippen molar-refractivity contribution in [1.29, 1.82) is 0 Å². The van der Waals surface area contributed by atoms with E-state index in [1.165, 1.54) is 45.2 Å². The number of amides is 1. The molecule has 4 rings (SSSR count). The SMILES string of the molecule is CCCCCCNC(=O)Oc1ccc(/C(=C(\C)c2ccc(OC)cc2)c2ccc(OCCN3CCCCC3)cc2)cc1. The largest absolute Gasteiger partial charge is 0.497 e. The maximum absolute atomic E-state index is 12.3. The Hall–Kier alpha value is -3.77. The summed E-state index contributed by atoms with van der Waals surface area (Å²) in [5.74, 6) is 2.22. The van der Waals surface area contributed by atoms with Gasteiger partial charge in [0, 0.05) is 13.1 Å². The Labute approximate surface area is 251 Å². The first-order chi connectivity index (χ1) is 20.6. The predicted molar refractivity (Wildman–Crippen MR) is 171 cm³/mol. The first-order valence-corrected chi connectivity index (χ1v) is 15.4. The highest BCUT2D eigenvalue weighted by Gasteiger charge is 2.14. The van der Waals surface area contributed by atoms with Gasteiger partial charge in [0.2, 0.25) is 0 Å². The number of allylic oxidation sites excluding steroid dienone is 1. The first-order valence-electron chi connectivity index (χ1n) is 15.4. The molecule has 6 nitrogen and oxygen atoms in total. The molecular formula is C36H46N2O4. The van der Waals surface area contributed by atoms with E-state index in [1.54, 1.807) is 7.11 Å². The Morgan fingerprint density at radius 3 is 1.98 bits per heavy atom. The third-order valence-corrected chi connectivity index (χ3v) is 7.82. The molecule has 0 aliphatic carbocycles. The lowest BCUT2D eigenvalue weighted by Gasteiger charge is -2.26. The summed E-state index contributed by atoms with van der Waals surface area (Å²) in [5.41, 5.74) is 5.47. The molecule has 0 spiro atoms. The van der Waals surface area contributed by atoms with E-state index < -0.39 is 6.09 Å². The lowest BCUT2D eigenvalue weighted by molar-refractivity contribution is 0.183. The van der Waals surface area contributed by atoms with Gasteiger partial charge in [0.25, 0.3) is 0 Å². The molecule has 0 bridgehead atoms. The van der Waals surface area contributed by atoms with Crippen LogP contribution < -0.4 is 19.5 Å². The van der Waals surface area contributed by atoms with E-state index in [2.05, 4.69) is 60.5 Å². The third-order valence-electron chi connectivity index (χ3n) is 7.82. The molecule has 1 fully saturated rings. The molecule has 3 aromatic rings. The van der Waals surface area contributed by atoms with Crippen LogP contribution in [-0.2, 0) is 0 Å². The van der Waals surface area contributed by atoms with Crippen LogP contribution in [-0.4, -0.2) is 50.9 Å². The van der Waals surface area contributed by atoms with E-state index >= 15 is 0 Å². The lowest BCUT2D eigenvalue weighted by atomic mass is 9.90. The van der Waals surface area contributed by atoms with Gasteiger partial charge in [-0.15, -0.1) is 0 Å². The fourth-order valence-corrected chi connectivity index (χ4v) is 5.35. The second-order valence-corrected chi connectivity index (χ2v) is 10.9. The highest BCUT2D eigenvalue weighted by Crippen LogP contribution is 2.34. The van der Waals surface area contributed by atoms with Gasteiger partial charge in [0.15, 0.2) is 0 Å². The van der Waals surface area contributed by atoms with Crippen LogP contribution in [0.2, 0.25) is 0 Å². The van der Waals surface area contributed by atoms with E-state index in [1.807, 2.05) is 36.4 Å². The van der Waals surface area contributed by atoms with E-state index in [0.29, 0.717) is 18.9 Å². The smallest absolute Gasteiger partial charge is 0.412 e. The van der Waals surface area contributed by atoms with Crippen LogP contribution in [0.3, 0.4) is 0 Å².